The van der Waals surface area contributed by atoms with Gasteiger partial charge in [-0.3, -0.25) is 14.5 Å². The van der Waals surface area contributed by atoms with E-state index in [2.05, 4.69) is 5.32 Å². The number of amides is 3. The van der Waals surface area contributed by atoms with Crippen molar-refractivity contribution in [1.29, 1.82) is 0 Å². The highest BCUT2D eigenvalue weighted by Gasteiger charge is 2.61. The van der Waals surface area contributed by atoms with E-state index >= 15 is 0 Å². The molecule has 2 saturated heterocycles. The number of piperidine rings is 1. The smallest absolute Gasteiger partial charge is 0.410 e. The van der Waals surface area contributed by atoms with Crippen LogP contribution in [0, 0.1) is 0 Å². The van der Waals surface area contributed by atoms with Gasteiger partial charge in [-0.2, -0.15) is 0 Å². The number of nitrogens with one attached hydrogen (secondary N) is 1. The molecule has 2 aromatic carbocycles. The molecule has 204 valence electrons. The summed E-state index contributed by atoms with van der Waals surface area (Å²) in [6.45, 7) is 0.857. The van der Waals surface area contributed by atoms with Crippen LogP contribution in [-0.2, 0) is 35.0 Å². The lowest BCUT2D eigenvalue weighted by molar-refractivity contribution is -0.154. The van der Waals surface area contributed by atoms with Gasteiger partial charge in [0.1, 0.15) is 18.1 Å². The fourth-order valence-electron chi connectivity index (χ4n) is 5.11. The van der Waals surface area contributed by atoms with Crippen LogP contribution in [0.5, 0.6) is 0 Å². The summed E-state index contributed by atoms with van der Waals surface area (Å²) in [5, 5.41) is 1.47. The zero-order chi connectivity index (χ0) is 27.4. The number of esters is 1. The molecule has 1 N–H and O–H groups in total. The van der Waals surface area contributed by atoms with Gasteiger partial charge in [0.05, 0.1) is 0 Å². The predicted octanol–water partition coefficient (Wildman–Crippen LogP) is 2.24. The summed E-state index contributed by atoms with van der Waals surface area (Å²) in [5.41, 5.74) is 1.58. The number of ether oxygens (including phenoxy) is 2. The fourth-order valence-corrected chi connectivity index (χ4v) is 6.79. The molecule has 10 nitrogen and oxygen atoms in total. The third kappa shape index (κ3) is 5.50. The molecule has 0 aliphatic carbocycles. The third-order valence-electron chi connectivity index (χ3n) is 7.06. The summed E-state index contributed by atoms with van der Waals surface area (Å²) in [7, 11) is 0. The maximum atomic E-state index is 13.8. The van der Waals surface area contributed by atoms with Crippen LogP contribution in [0.15, 0.2) is 71.9 Å². The van der Waals surface area contributed by atoms with Crippen molar-refractivity contribution in [3.63, 3.8) is 0 Å². The van der Waals surface area contributed by atoms with E-state index in [0.29, 0.717) is 19.5 Å². The highest BCUT2D eigenvalue weighted by molar-refractivity contribution is 7.92. The number of benzene rings is 2. The third-order valence-corrected chi connectivity index (χ3v) is 8.71. The molecule has 3 amide bonds. The summed E-state index contributed by atoms with van der Waals surface area (Å²) in [6, 6.07) is 17.3. The largest absolute Gasteiger partial charge is 0.614 e. The quantitative estimate of drug-likeness (QED) is 0.231. The second-order valence-electron chi connectivity index (χ2n) is 9.55. The van der Waals surface area contributed by atoms with Crippen LogP contribution in [-0.4, -0.2) is 75.6 Å². The zero-order valence-electron chi connectivity index (χ0n) is 21.2. The van der Waals surface area contributed by atoms with E-state index in [4.69, 9.17) is 9.47 Å². The Morgan fingerprint density at radius 1 is 1.03 bits per heavy atom. The van der Waals surface area contributed by atoms with Gasteiger partial charge < -0.3 is 24.2 Å². The molecule has 39 heavy (non-hydrogen) atoms. The average molecular weight is 552 g/mol. The topological polar surface area (TPSA) is 128 Å². The van der Waals surface area contributed by atoms with Gasteiger partial charge in [-0.25, -0.2) is 9.59 Å². The first-order valence-electron chi connectivity index (χ1n) is 12.8. The van der Waals surface area contributed by atoms with Crippen molar-refractivity contribution in [1.82, 2.24) is 15.1 Å². The number of fused-ring (bicyclic) bond motifs is 1. The summed E-state index contributed by atoms with van der Waals surface area (Å²) in [6.07, 6.45) is 1.88. The number of nitrogens with zero attached hydrogens (tertiary/aromatic N) is 2. The van der Waals surface area contributed by atoms with Crippen molar-refractivity contribution in [2.24, 2.45) is 0 Å². The van der Waals surface area contributed by atoms with Crippen LogP contribution in [0.1, 0.15) is 36.5 Å². The van der Waals surface area contributed by atoms with Crippen molar-refractivity contribution >= 4 is 35.6 Å². The number of carbonyl (C=O) groups is 4. The van der Waals surface area contributed by atoms with Crippen molar-refractivity contribution in [3.8, 4) is 0 Å². The summed E-state index contributed by atoms with van der Waals surface area (Å²) < 4.78 is 24.6. The monoisotopic (exact) mass is 551 g/mol. The number of hydrogen-bond donors (Lipinski definition) is 1. The standard InChI is InChI=1S/C28H29N3O7S/c32-18-29-22-25(33)31-23(21(17-39(36)26(22)31)16-37-28(35)30-14-8-3-9-15-30)27(34)38-24(19-10-4-1-5-11-19)20-12-6-2-7-13-20/h1-2,4-7,10-13,18,22,24,26H,3,8-9,14-17H2,(H,29,32)/t22?,26-,39?/m0/s1. The van der Waals surface area contributed by atoms with Gasteiger partial charge in [0.15, 0.2) is 12.1 Å². The van der Waals surface area contributed by atoms with E-state index in [1.54, 1.807) is 4.90 Å². The minimum absolute atomic E-state index is 0.100. The van der Waals surface area contributed by atoms with Crippen molar-refractivity contribution in [2.45, 2.75) is 36.8 Å². The first kappa shape index (κ1) is 26.8. The Labute approximate surface area is 229 Å². The molecule has 0 spiro atoms. The van der Waals surface area contributed by atoms with Crippen molar-refractivity contribution in [2.75, 3.05) is 25.4 Å². The molecular weight excluding hydrogens is 522 g/mol. The minimum atomic E-state index is -1.64. The molecule has 0 radical (unpaired) electrons. The van der Waals surface area contributed by atoms with Crippen LogP contribution in [0.3, 0.4) is 0 Å². The fraction of sp³-hybridized carbons (Fsp3) is 0.357. The molecule has 3 aliphatic rings. The molecule has 2 aromatic rings. The second-order valence-corrected chi connectivity index (χ2v) is 11.1. The van der Waals surface area contributed by atoms with E-state index in [1.165, 1.54) is 0 Å². The molecule has 2 fully saturated rings. The Morgan fingerprint density at radius 2 is 1.64 bits per heavy atom. The van der Waals surface area contributed by atoms with Gasteiger partial charge in [0.25, 0.3) is 5.91 Å². The lowest BCUT2D eigenvalue weighted by atomic mass is 10.0. The Bertz CT molecular complexity index is 1210. The Hall–Kier alpha value is -3.83. The number of β-lactam (4-membered cyclic amide) rings is 1. The Balaban J connectivity index is 1.45. The number of hydrogen-bond acceptors (Lipinski definition) is 7. The Kier molecular flexibility index (Phi) is 8.18. The van der Waals surface area contributed by atoms with Crippen molar-refractivity contribution < 1.29 is 33.2 Å². The van der Waals surface area contributed by atoms with E-state index in [0.717, 1.165) is 35.3 Å². The predicted molar refractivity (Wildman–Crippen MR) is 141 cm³/mol. The molecule has 0 bridgehead atoms. The molecule has 3 heterocycles. The second kappa shape index (κ2) is 11.9. The SMILES string of the molecule is O=CNC1C(=O)N2C(C(=O)OC(c3ccccc3)c3ccccc3)=C(COC(=O)N3CCCCC3)C[S+]([O-])[C@@H]12. The highest BCUT2D eigenvalue weighted by Crippen LogP contribution is 2.38. The molecule has 5 rings (SSSR count). The first-order chi connectivity index (χ1) is 19.0. The normalized spacial score (nSPS) is 22.6. The van der Waals surface area contributed by atoms with E-state index in [-0.39, 0.29) is 23.6 Å². The van der Waals surface area contributed by atoms with E-state index in [9.17, 15) is 23.7 Å². The van der Waals surface area contributed by atoms with Gasteiger partial charge in [-0.15, -0.1) is 0 Å². The first-order valence-corrected chi connectivity index (χ1v) is 14.2. The van der Waals surface area contributed by atoms with Crippen LogP contribution in [0.4, 0.5) is 4.79 Å². The zero-order valence-corrected chi connectivity index (χ0v) is 22.0. The summed E-state index contributed by atoms with van der Waals surface area (Å²) >= 11 is -1.64. The van der Waals surface area contributed by atoms with Crippen LogP contribution in [0.2, 0.25) is 0 Å². The Morgan fingerprint density at radius 3 is 2.23 bits per heavy atom. The minimum Gasteiger partial charge on any atom is -0.614 e. The molecular formula is C28H29N3O7S. The van der Waals surface area contributed by atoms with Gasteiger partial charge in [-0.1, -0.05) is 60.7 Å². The van der Waals surface area contributed by atoms with Gasteiger partial charge in [-0.05, 0) is 41.6 Å². The molecule has 0 aromatic heterocycles. The number of carbonyl (C=O) groups excluding carboxylic acids is 4. The van der Waals surface area contributed by atoms with Crippen molar-refractivity contribution in [3.05, 3.63) is 83.1 Å². The van der Waals surface area contributed by atoms with Crippen LogP contribution >= 0.6 is 0 Å². The van der Waals surface area contributed by atoms with E-state index < -0.39 is 46.7 Å². The maximum Gasteiger partial charge on any atom is 0.410 e. The molecule has 3 atom stereocenters. The van der Waals surface area contributed by atoms with E-state index in [1.807, 2.05) is 60.7 Å². The van der Waals surface area contributed by atoms with Crippen LogP contribution in [0.25, 0.3) is 0 Å². The van der Waals surface area contributed by atoms with Crippen LogP contribution < -0.4 is 5.32 Å². The molecule has 0 saturated carbocycles. The van der Waals surface area contributed by atoms with Gasteiger partial charge in [0.2, 0.25) is 11.8 Å². The number of likely N-dealkylation sites (tertiary alicyclic amines) is 1. The molecule has 3 aliphatic heterocycles. The lowest BCUT2D eigenvalue weighted by Gasteiger charge is -2.48. The summed E-state index contributed by atoms with van der Waals surface area (Å²) in [5.74, 6) is -1.50. The van der Waals surface area contributed by atoms with Gasteiger partial charge >= 0.3 is 12.1 Å². The lowest BCUT2D eigenvalue weighted by Crippen LogP contribution is -2.74. The maximum absolute atomic E-state index is 13.8. The average Bonchev–Trinajstić information content (AvgIpc) is 2.98. The summed E-state index contributed by atoms with van der Waals surface area (Å²) in [4.78, 5) is 53.3. The molecule has 11 heteroatoms. The molecule has 2 unspecified atom stereocenters. The highest BCUT2D eigenvalue weighted by atomic mass is 32.2. The van der Waals surface area contributed by atoms with Gasteiger partial charge in [0, 0.05) is 18.7 Å². The number of rotatable bonds is 8.